The highest BCUT2D eigenvalue weighted by molar-refractivity contribution is 6.34. The molecule has 0 aliphatic rings. The monoisotopic (exact) mass is 398 g/mol. The number of methoxy groups -OCH3 is 1. The summed E-state index contributed by atoms with van der Waals surface area (Å²) in [5.41, 5.74) is 1.38. The molecule has 0 radical (unpaired) electrons. The molecular formula is C20H19ClN4O3. The first-order valence-corrected chi connectivity index (χ1v) is 8.87. The number of nitrogens with zero attached hydrogens (tertiary/aromatic N) is 2. The summed E-state index contributed by atoms with van der Waals surface area (Å²) in [5, 5.41) is 10.0. The number of carbonyl (C=O) groups excluding carboxylic acids is 2. The average molecular weight is 399 g/mol. The highest BCUT2D eigenvalue weighted by Crippen LogP contribution is 2.19. The van der Waals surface area contributed by atoms with E-state index in [1.807, 2.05) is 24.3 Å². The highest BCUT2D eigenvalue weighted by atomic mass is 35.5. The zero-order chi connectivity index (χ0) is 20.1. The Labute approximate surface area is 167 Å². The van der Waals surface area contributed by atoms with Crippen molar-refractivity contribution in [2.75, 3.05) is 12.4 Å². The molecule has 1 heterocycles. The van der Waals surface area contributed by atoms with Gasteiger partial charge in [0.1, 0.15) is 11.6 Å². The summed E-state index contributed by atoms with van der Waals surface area (Å²) in [6.45, 7) is 0.292. The first-order valence-electron chi connectivity index (χ1n) is 8.49. The van der Waals surface area contributed by atoms with E-state index in [1.54, 1.807) is 38.4 Å². The number of carbonyl (C=O) groups is 2. The van der Waals surface area contributed by atoms with Gasteiger partial charge in [0.2, 0.25) is 0 Å². The highest BCUT2D eigenvalue weighted by Gasteiger charge is 2.16. The maximum absolute atomic E-state index is 12.4. The Bertz CT molecular complexity index is 1020. The predicted octanol–water partition coefficient (Wildman–Crippen LogP) is 3.26. The Morgan fingerprint density at radius 3 is 2.57 bits per heavy atom. The molecule has 0 atom stereocenters. The molecule has 3 aromatic rings. The van der Waals surface area contributed by atoms with Gasteiger partial charge in [0, 0.05) is 25.2 Å². The smallest absolute Gasteiger partial charge is 0.272 e. The molecule has 0 fully saturated rings. The van der Waals surface area contributed by atoms with Crippen molar-refractivity contribution in [2.45, 2.75) is 6.54 Å². The molecule has 0 unspecified atom stereocenters. The van der Waals surface area contributed by atoms with Crippen LogP contribution in [0.25, 0.3) is 0 Å². The van der Waals surface area contributed by atoms with E-state index in [-0.39, 0.29) is 17.5 Å². The molecule has 0 saturated heterocycles. The molecule has 144 valence electrons. The first kappa shape index (κ1) is 19.4. The van der Waals surface area contributed by atoms with Gasteiger partial charge in [-0.25, -0.2) is 0 Å². The van der Waals surface area contributed by atoms with Gasteiger partial charge >= 0.3 is 0 Å². The van der Waals surface area contributed by atoms with Crippen molar-refractivity contribution >= 4 is 29.2 Å². The number of halogens is 1. The Morgan fingerprint density at radius 1 is 1.11 bits per heavy atom. The van der Waals surface area contributed by atoms with E-state index in [0.717, 1.165) is 5.56 Å². The number of hydrogen-bond donors (Lipinski definition) is 2. The minimum atomic E-state index is -0.380. The van der Waals surface area contributed by atoms with Crippen LogP contribution in [0.2, 0.25) is 5.02 Å². The van der Waals surface area contributed by atoms with Crippen LogP contribution >= 0.6 is 11.6 Å². The van der Waals surface area contributed by atoms with E-state index in [1.165, 1.54) is 10.7 Å². The van der Waals surface area contributed by atoms with Crippen LogP contribution in [0.3, 0.4) is 0 Å². The summed E-state index contributed by atoms with van der Waals surface area (Å²) in [4.78, 5) is 24.8. The molecule has 0 aliphatic carbocycles. The van der Waals surface area contributed by atoms with E-state index >= 15 is 0 Å². The van der Waals surface area contributed by atoms with Gasteiger partial charge in [-0.1, -0.05) is 41.9 Å². The Morgan fingerprint density at radius 2 is 1.82 bits per heavy atom. The number of benzene rings is 2. The number of nitrogens with one attached hydrogen (secondary N) is 2. The molecule has 3 rings (SSSR count). The third-order valence-corrected chi connectivity index (χ3v) is 4.43. The van der Waals surface area contributed by atoms with Gasteiger partial charge in [-0.3, -0.25) is 14.3 Å². The molecule has 28 heavy (non-hydrogen) atoms. The largest absolute Gasteiger partial charge is 0.496 e. The van der Waals surface area contributed by atoms with Gasteiger partial charge in [0.25, 0.3) is 11.8 Å². The molecule has 0 spiro atoms. The van der Waals surface area contributed by atoms with Gasteiger partial charge < -0.3 is 15.4 Å². The van der Waals surface area contributed by atoms with Crippen LogP contribution < -0.4 is 15.4 Å². The van der Waals surface area contributed by atoms with E-state index in [0.29, 0.717) is 28.7 Å². The summed E-state index contributed by atoms with van der Waals surface area (Å²) in [7, 11) is 3.21. The Balaban J connectivity index is 1.68. The van der Waals surface area contributed by atoms with Crippen LogP contribution in [0, 0.1) is 0 Å². The Kier molecular flexibility index (Phi) is 5.96. The second-order valence-electron chi connectivity index (χ2n) is 5.97. The van der Waals surface area contributed by atoms with E-state index in [2.05, 4.69) is 15.7 Å². The number of aromatic nitrogens is 2. The van der Waals surface area contributed by atoms with Crippen LogP contribution in [0.15, 0.2) is 54.6 Å². The van der Waals surface area contributed by atoms with Crippen molar-refractivity contribution < 1.29 is 14.3 Å². The number of rotatable bonds is 6. The van der Waals surface area contributed by atoms with Crippen molar-refractivity contribution in [3.63, 3.8) is 0 Å². The lowest BCUT2D eigenvalue weighted by Crippen LogP contribution is -2.23. The number of hydrogen-bond acceptors (Lipinski definition) is 4. The molecular weight excluding hydrogens is 380 g/mol. The van der Waals surface area contributed by atoms with Gasteiger partial charge in [0.05, 0.1) is 17.7 Å². The minimum absolute atomic E-state index is 0.187. The molecule has 0 aliphatic heterocycles. The first-order chi connectivity index (χ1) is 13.5. The number of anilines is 1. The van der Waals surface area contributed by atoms with Crippen LogP contribution in [0.1, 0.15) is 26.4 Å². The normalized spacial score (nSPS) is 10.4. The SMILES string of the molecule is COc1ccccc1CNC(=O)c1cc(NC(=O)c2ccccc2Cl)n(C)n1. The summed E-state index contributed by atoms with van der Waals surface area (Å²) in [6.07, 6.45) is 0. The van der Waals surface area contributed by atoms with Crippen molar-refractivity contribution in [1.29, 1.82) is 0 Å². The molecule has 2 aromatic carbocycles. The zero-order valence-electron chi connectivity index (χ0n) is 15.4. The van der Waals surface area contributed by atoms with E-state index < -0.39 is 0 Å². The zero-order valence-corrected chi connectivity index (χ0v) is 16.2. The standard InChI is InChI=1S/C20H19ClN4O3/c1-25-18(23-19(26)14-8-4-5-9-15(14)21)11-16(24-25)20(27)22-12-13-7-3-6-10-17(13)28-2/h3-11H,12H2,1-2H3,(H,22,27)(H,23,26). The molecule has 7 nitrogen and oxygen atoms in total. The average Bonchev–Trinajstić information content (AvgIpc) is 3.07. The lowest BCUT2D eigenvalue weighted by molar-refractivity contribution is 0.0944. The van der Waals surface area contributed by atoms with Gasteiger partial charge in [0.15, 0.2) is 5.69 Å². The maximum Gasteiger partial charge on any atom is 0.272 e. The summed E-state index contributed by atoms with van der Waals surface area (Å²) < 4.78 is 6.70. The van der Waals surface area contributed by atoms with Crippen molar-refractivity contribution in [3.05, 3.63) is 76.4 Å². The van der Waals surface area contributed by atoms with Gasteiger partial charge in [-0.15, -0.1) is 0 Å². The van der Waals surface area contributed by atoms with E-state index in [4.69, 9.17) is 16.3 Å². The fourth-order valence-corrected chi connectivity index (χ4v) is 2.86. The maximum atomic E-state index is 12.4. The van der Waals surface area contributed by atoms with Gasteiger partial charge in [-0.2, -0.15) is 5.10 Å². The second-order valence-corrected chi connectivity index (χ2v) is 6.37. The van der Waals surface area contributed by atoms with E-state index in [9.17, 15) is 9.59 Å². The summed E-state index contributed by atoms with van der Waals surface area (Å²) >= 11 is 6.05. The van der Waals surface area contributed by atoms with Crippen molar-refractivity contribution in [1.82, 2.24) is 15.1 Å². The summed E-state index contributed by atoms with van der Waals surface area (Å²) in [6, 6.07) is 15.6. The van der Waals surface area contributed by atoms with Crippen LogP contribution in [-0.4, -0.2) is 28.7 Å². The molecule has 1 aromatic heterocycles. The lowest BCUT2D eigenvalue weighted by Gasteiger charge is -2.08. The Hall–Kier alpha value is -3.32. The minimum Gasteiger partial charge on any atom is -0.496 e. The number of para-hydroxylation sites is 1. The number of aryl methyl sites for hydroxylation is 1. The molecule has 2 amide bonds. The molecule has 2 N–H and O–H groups in total. The molecule has 0 saturated carbocycles. The lowest BCUT2D eigenvalue weighted by atomic mass is 10.2. The third kappa shape index (κ3) is 4.32. The fraction of sp³-hybridized carbons (Fsp3) is 0.150. The summed E-state index contributed by atoms with van der Waals surface area (Å²) in [5.74, 6) is 0.332. The third-order valence-electron chi connectivity index (χ3n) is 4.10. The molecule has 0 bridgehead atoms. The van der Waals surface area contributed by atoms with Crippen LogP contribution in [-0.2, 0) is 13.6 Å². The van der Waals surface area contributed by atoms with Crippen molar-refractivity contribution in [2.24, 2.45) is 7.05 Å². The second kappa shape index (κ2) is 8.58. The number of ether oxygens (including phenoxy) is 1. The topological polar surface area (TPSA) is 85.3 Å². The quantitative estimate of drug-likeness (QED) is 0.667. The molecule has 8 heteroatoms. The van der Waals surface area contributed by atoms with Crippen LogP contribution in [0.5, 0.6) is 5.75 Å². The number of amides is 2. The fourth-order valence-electron chi connectivity index (χ4n) is 2.64. The predicted molar refractivity (Wildman–Crippen MR) is 107 cm³/mol. The van der Waals surface area contributed by atoms with Gasteiger partial charge in [-0.05, 0) is 18.2 Å². The van der Waals surface area contributed by atoms with Crippen LogP contribution in [0.4, 0.5) is 5.82 Å². The van der Waals surface area contributed by atoms with Crippen molar-refractivity contribution in [3.8, 4) is 5.75 Å².